The second-order valence-corrected chi connectivity index (χ2v) is 9.40. The number of hydrogen-bond donors (Lipinski definition) is 0. The highest BCUT2D eigenvalue weighted by Crippen LogP contribution is 2.27. The number of hydrogen-bond acceptors (Lipinski definition) is 3. The molecule has 2 aliphatic heterocycles. The first kappa shape index (κ1) is 24.9. The van der Waals surface area contributed by atoms with Gasteiger partial charge in [0.25, 0.3) is 0 Å². The lowest BCUT2D eigenvalue weighted by atomic mass is 9.92. The van der Waals surface area contributed by atoms with Gasteiger partial charge in [0.15, 0.2) is 34.9 Å². The monoisotopic (exact) mass is 485 g/mol. The summed E-state index contributed by atoms with van der Waals surface area (Å²) in [5.41, 5.74) is 0.526. The van der Waals surface area contributed by atoms with E-state index in [0.29, 0.717) is 24.7 Å². The summed E-state index contributed by atoms with van der Waals surface area (Å²) >= 11 is 0. The SMILES string of the molecule is C[C@@H]1CN(c2cc(F)c(F)c(F)c2)CCN1CCC1CCN(Cc2ccc(F)c(F)c2F)CC1. The molecule has 0 saturated carbocycles. The summed E-state index contributed by atoms with van der Waals surface area (Å²) in [5, 5.41) is 0. The predicted molar refractivity (Wildman–Crippen MR) is 118 cm³/mol. The van der Waals surface area contributed by atoms with Crippen LogP contribution in [0.25, 0.3) is 0 Å². The van der Waals surface area contributed by atoms with Crippen LogP contribution in [0.3, 0.4) is 0 Å². The smallest absolute Gasteiger partial charge is 0.194 e. The number of piperazine rings is 1. The molecule has 3 nitrogen and oxygen atoms in total. The summed E-state index contributed by atoms with van der Waals surface area (Å²) in [7, 11) is 0. The van der Waals surface area contributed by atoms with Crippen molar-refractivity contribution < 1.29 is 26.3 Å². The summed E-state index contributed by atoms with van der Waals surface area (Å²) in [6.07, 6.45) is 2.92. The fraction of sp³-hybridized carbons (Fsp3) is 0.520. The summed E-state index contributed by atoms with van der Waals surface area (Å²) < 4.78 is 81.0. The highest BCUT2D eigenvalue weighted by molar-refractivity contribution is 5.48. The summed E-state index contributed by atoms with van der Waals surface area (Å²) in [6, 6.07) is 4.53. The molecule has 0 unspecified atom stereocenters. The van der Waals surface area contributed by atoms with Crippen LogP contribution in [0.2, 0.25) is 0 Å². The Morgan fingerprint density at radius 1 is 0.794 bits per heavy atom. The minimum atomic E-state index is -1.45. The van der Waals surface area contributed by atoms with Crippen LogP contribution >= 0.6 is 0 Å². The molecule has 2 fully saturated rings. The Morgan fingerprint density at radius 3 is 2.12 bits per heavy atom. The predicted octanol–water partition coefficient (Wildman–Crippen LogP) is 5.33. The summed E-state index contributed by atoms with van der Waals surface area (Å²) in [5.74, 6) is -6.98. The van der Waals surface area contributed by atoms with Gasteiger partial charge in [0.1, 0.15) is 0 Å². The molecule has 9 heteroatoms. The van der Waals surface area contributed by atoms with E-state index in [2.05, 4.69) is 16.7 Å². The maximum Gasteiger partial charge on any atom is 0.194 e. The number of rotatable bonds is 6. The zero-order valence-corrected chi connectivity index (χ0v) is 19.1. The van der Waals surface area contributed by atoms with Crippen LogP contribution in [0, 0.1) is 40.8 Å². The Morgan fingerprint density at radius 2 is 1.47 bits per heavy atom. The highest BCUT2D eigenvalue weighted by Gasteiger charge is 2.27. The fourth-order valence-corrected chi connectivity index (χ4v) is 5.00. The number of nitrogens with zero attached hydrogens (tertiary/aromatic N) is 3. The van der Waals surface area contributed by atoms with Crippen LogP contribution in [-0.2, 0) is 6.54 Å². The molecule has 2 aromatic carbocycles. The molecule has 0 amide bonds. The van der Waals surface area contributed by atoms with E-state index in [9.17, 15) is 26.3 Å². The molecule has 34 heavy (non-hydrogen) atoms. The van der Waals surface area contributed by atoms with Gasteiger partial charge in [0.05, 0.1) is 0 Å². The molecule has 0 aromatic heterocycles. The van der Waals surface area contributed by atoms with Crippen LogP contribution in [0.1, 0.15) is 31.7 Å². The third-order valence-corrected chi connectivity index (χ3v) is 7.14. The lowest BCUT2D eigenvalue weighted by Gasteiger charge is -2.42. The second-order valence-electron chi connectivity index (χ2n) is 9.40. The molecule has 2 saturated heterocycles. The molecule has 0 radical (unpaired) electrons. The van der Waals surface area contributed by atoms with E-state index < -0.39 is 34.9 Å². The average molecular weight is 486 g/mol. The van der Waals surface area contributed by atoms with Crippen LogP contribution in [0.15, 0.2) is 24.3 Å². The Kier molecular flexibility index (Phi) is 7.72. The zero-order valence-electron chi connectivity index (χ0n) is 19.1. The molecule has 2 aromatic rings. The summed E-state index contributed by atoms with van der Waals surface area (Å²) in [4.78, 5) is 6.30. The minimum Gasteiger partial charge on any atom is -0.369 e. The molecule has 1 atom stereocenters. The summed E-state index contributed by atoms with van der Waals surface area (Å²) in [6.45, 7) is 6.73. The van der Waals surface area contributed by atoms with Crippen LogP contribution in [0.4, 0.5) is 32.0 Å². The van der Waals surface area contributed by atoms with Gasteiger partial charge in [-0.3, -0.25) is 9.80 Å². The molecule has 0 bridgehead atoms. The number of likely N-dealkylation sites (tertiary alicyclic amines) is 1. The Balaban J connectivity index is 1.22. The van der Waals surface area contributed by atoms with E-state index in [4.69, 9.17) is 0 Å². The molecule has 2 heterocycles. The van der Waals surface area contributed by atoms with Gasteiger partial charge in [-0.2, -0.15) is 0 Å². The Labute approximate surface area is 195 Å². The van der Waals surface area contributed by atoms with Crippen molar-refractivity contribution in [3.05, 3.63) is 64.7 Å². The molecule has 4 rings (SSSR count). The van der Waals surface area contributed by atoms with Crippen molar-refractivity contribution >= 4 is 5.69 Å². The van der Waals surface area contributed by atoms with Gasteiger partial charge in [0.2, 0.25) is 0 Å². The minimum absolute atomic E-state index is 0.171. The second kappa shape index (κ2) is 10.6. The van der Waals surface area contributed by atoms with Gasteiger partial charge in [-0.15, -0.1) is 0 Å². The van der Waals surface area contributed by atoms with Gasteiger partial charge >= 0.3 is 0 Å². The van der Waals surface area contributed by atoms with Crippen molar-refractivity contribution in [1.29, 1.82) is 0 Å². The van der Waals surface area contributed by atoms with E-state index in [0.717, 1.165) is 63.6 Å². The van der Waals surface area contributed by atoms with Gasteiger partial charge in [-0.25, -0.2) is 26.3 Å². The molecule has 0 spiro atoms. The Bertz CT molecular complexity index is 985. The molecule has 0 N–H and O–H groups in total. The van der Waals surface area contributed by atoms with Gasteiger partial charge in [-0.05, 0) is 57.8 Å². The van der Waals surface area contributed by atoms with Gasteiger partial charge in [-0.1, -0.05) is 6.07 Å². The molecular formula is C25H29F6N3. The Hall–Kier alpha value is -2.26. The normalized spacial score (nSPS) is 20.8. The fourth-order valence-electron chi connectivity index (χ4n) is 5.00. The van der Waals surface area contributed by atoms with Crippen LogP contribution in [-0.4, -0.2) is 55.1 Å². The van der Waals surface area contributed by atoms with Crippen molar-refractivity contribution in [3.8, 4) is 0 Å². The average Bonchev–Trinajstić information content (AvgIpc) is 2.82. The zero-order chi connectivity index (χ0) is 24.4. The number of piperidine rings is 1. The molecule has 0 aliphatic carbocycles. The van der Waals surface area contributed by atoms with Gasteiger partial charge in [0, 0.05) is 55.6 Å². The largest absolute Gasteiger partial charge is 0.369 e. The van der Waals surface area contributed by atoms with Crippen molar-refractivity contribution in [3.63, 3.8) is 0 Å². The lowest BCUT2D eigenvalue weighted by molar-refractivity contribution is 0.138. The first-order chi connectivity index (χ1) is 16.2. The first-order valence-electron chi connectivity index (χ1n) is 11.7. The van der Waals surface area contributed by atoms with Crippen molar-refractivity contribution in [2.75, 3.05) is 44.2 Å². The number of benzene rings is 2. The molecule has 186 valence electrons. The third-order valence-electron chi connectivity index (χ3n) is 7.14. The van der Waals surface area contributed by atoms with Gasteiger partial charge < -0.3 is 4.90 Å². The van der Waals surface area contributed by atoms with Crippen LogP contribution < -0.4 is 4.90 Å². The maximum atomic E-state index is 13.9. The van der Waals surface area contributed by atoms with E-state index in [1.54, 1.807) is 0 Å². The molecular weight excluding hydrogens is 456 g/mol. The number of halogens is 6. The van der Waals surface area contributed by atoms with E-state index >= 15 is 0 Å². The standard InChI is InChI=1S/C25H29F6N3/c1-16-14-34(19-12-21(27)24(30)22(28)13-19)11-10-33(16)9-6-17-4-7-32(8-5-17)15-18-2-3-20(26)25(31)23(18)29/h2-3,12-13,16-17H,4-11,14-15H2,1H3/t16-/m1/s1. The third kappa shape index (κ3) is 5.51. The molecule has 2 aliphatic rings. The van der Waals surface area contributed by atoms with Crippen LogP contribution in [0.5, 0.6) is 0 Å². The van der Waals surface area contributed by atoms with Crippen molar-refractivity contribution in [2.24, 2.45) is 5.92 Å². The highest BCUT2D eigenvalue weighted by atomic mass is 19.2. The van der Waals surface area contributed by atoms with E-state index in [1.807, 2.05) is 4.90 Å². The van der Waals surface area contributed by atoms with E-state index in [-0.39, 0.29) is 18.2 Å². The number of anilines is 1. The lowest BCUT2D eigenvalue weighted by Crippen LogP contribution is -2.52. The van der Waals surface area contributed by atoms with Crippen molar-refractivity contribution in [1.82, 2.24) is 9.80 Å². The topological polar surface area (TPSA) is 9.72 Å². The first-order valence-corrected chi connectivity index (χ1v) is 11.7. The quantitative estimate of drug-likeness (QED) is 0.404. The maximum absolute atomic E-state index is 13.9. The van der Waals surface area contributed by atoms with E-state index in [1.165, 1.54) is 6.07 Å². The van der Waals surface area contributed by atoms with Crippen molar-refractivity contribution in [2.45, 2.75) is 38.8 Å².